The molecule has 44 heavy (non-hydrogen) atoms. The Labute approximate surface area is 270 Å². The maximum absolute atomic E-state index is 14.3. The molecule has 5 rings (SSSR count). The first-order valence-corrected chi connectivity index (χ1v) is 18.8. The van der Waals surface area contributed by atoms with Gasteiger partial charge >= 0.3 is 0 Å². The summed E-state index contributed by atoms with van der Waals surface area (Å²) in [6.07, 6.45) is 18.7. The van der Waals surface area contributed by atoms with Gasteiger partial charge in [-0.05, 0) is 142 Å². The van der Waals surface area contributed by atoms with Crippen LogP contribution < -0.4 is 5.32 Å². The average molecular weight is 610 g/mol. The van der Waals surface area contributed by atoms with E-state index in [1.807, 2.05) is 0 Å². The van der Waals surface area contributed by atoms with Gasteiger partial charge in [-0.1, -0.05) is 72.5 Å². The minimum absolute atomic E-state index is 0.0160. The van der Waals surface area contributed by atoms with Gasteiger partial charge in [0.1, 0.15) is 5.78 Å². The number of aliphatic hydroxyl groups excluding tert-OH is 1. The van der Waals surface area contributed by atoms with Crippen LogP contribution in [0.15, 0.2) is 12.2 Å². The fourth-order valence-electron chi connectivity index (χ4n) is 13.1. The Morgan fingerprint density at radius 2 is 1.43 bits per heavy atom. The van der Waals surface area contributed by atoms with Gasteiger partial charge in [-0.2, -0.15) is 0 Å². The van der Waals surface area contributed by atoms with Gasteiger partial charge in [-0.15, -0.1) is 0 Å². The number of aliphatic hydroxyl groups is 1. The molecule has 4 nitrogen and oxygen atoms in total. The Kier molecular flexibility index (Phi) is 9.68. The van der Waals surface area contributed by atoms with Gasteiger partial charge in [0.25, 0.3) is 0 Å². The van der Waals surface area contributed by atoms with E-state index in [0.717, 1.165) is 64.3 Å². The van der Waals surface area contributed by atoms with E-state index in [1.54, 1.807) is 6.92 Å². The van der Waals surface area contributed by atoms with Crippen molar-refractivity contribution in [3.05, 3.63) is 12.2 Å². The van der Waals surface area contributed by atoms with Crippen LogP contribution in [-0.2, 0) is 9.59 Å². The Hall–Kier alpha value is -1.16. The van der Waals surface area contributed by atoms with Gasteiger partial charge in [0, 0.05) is 13.0 Å². The highest BCUT2D eigenvalue weighted by atomic mass is 16.3. The monoisotopic (exact) mass is 610 g/mol. The molecule has 0 bridgehead atoms. The molecule has 0 heterocycles. The Bertz CT molecular complexity index is 1100. The molecule has 0 aromatic carbocycles. The molecule has 250 valence electrons. The summed E-state index contributed by atoms with van der Waals surface area (Å²) in [5, 5.41) is 14.5. The van der Waals surface area contributed by atoms with Crippen LogP contribution in [0.5, 0.6) is 0 Å². The molecule has 2 N–H and O–H groups in total. The lowest BCUT2D eigenvalue weighted by Crippen LogP contribution is -2.67. The van der Waals surface area contributed by atoms with Crippen molar-refractivity contribution in [2.75, 3.05) is 6.54 Å². The third-order valence-electron chi connectivity index (χ3n) is 15.7. The number of nitrogens with one attached hydrogen (secondary N) is 1. The average Bonchev–Trinajstić information content (AvgIpc) is 3.36. The third-order valence-corrected chi connectivity index (χ3v) is 15.7. The van der Waals surface area contributed by atoms with Crippen molar-refractivity contribution < 1.29 is 14.7 Å². The number of allylic oxidation sites excluding steroid dienone is 1. The molecule has 5 aliphatic carbocycles. The molecule has 5 saturated carbocycles. The summed E-state index contributed by atoms with van der Waals surface area (Å²) in [5.41, 5.74) is 1.84. The lowest BCUT2D eigenvalue weighted by molar-refractivity contribution is -0.246. The first-order valence-electron chi connectivity index (χ1n) is 18.8. The molecular weight excluding hydrogens is 542 g/mol. The second-order valence-electron chi connectivity index (χ2n) is 18.0. The number of carbonyl (C=O) groups excluding carboxylic acids is 2. The summed E-state index contributed by atoms with van der Waals surface area (Å²) in [5.74, 6) is 3.36. The molecule has 4 heteroatoms. The highest BCUT2D eigenvalue weighted by Crippen LogP contribution is 2.77. The molecule has 0 aromatic heterocycles. The number of hydrogen-bond acceptors (Lipinski definition) is 3. The summed E-state index contributed by atoms with van der Waals surface area (Å²) in [7, 11) is 0. The minimum atomic E-state index is -0.234. The predicted octanol–water partition coefficient (Wildman–Crippen LogP) is 9.44. The Balaban J connectivity index is 1.30. The van der Waals surface area contributed by atoms with Crippen LogP contribution in [0.2, 0.25) is 0 Å². The zero-order valence-corrected chi connectivity index (χ0v) is 29.7. The maximum atomic E-state index is 14.3. The van der Waals surface area contributed by atoms with E-state index in [0.29, 0.717) is 47.7 Å². The summed E-state index contributed by atoms with van der Waals surface area (Å²) >= 11 is 0. The fourth-order valence-corrected chi connectivity index (χ4v) is 13.1. The van der Waals surface area contributed by atoms with E-state index in [-0.39, 0.29) is 33.2 Å². The first-order chi connectivity index (χ1) is 20.6. The third kappa shape index (κ3) is 5.37. The van der Waals surface area contributed by atoms with Gasteiger partial charge < -0.3 is 15.2 Å². The van der Waals surface area contributed by atoms with E-state index in [2.05, 4.69) is 53.4 Å². The normalized spacial score (nSPS) is 44.1. The van der Waals surface area contributed by atoms with Crippen LogP contribution >= 0.6 is 0 Å². The lowest BCUT2D eigenvalue weighted by atomic mass is 9.32. The standard InChI is InChI=1S/C40H67NO3/c1-27(2)29-18-23-40(35(44)41-26-14-12-10-9-11-13-15-28(3)42)25-24-38(7)30(34(29)40)16-17-32-37(6)21-20-33(43)36(4,5)31(37)19-22-39(32,38)8/h29-34,43H,1,9-26H2,2-8H3,(H,41,44)/t29-,30+,31-,32+,33-,34+,37-,38+,39+,40-/m0/s1. The van der Waals surface area contributed by atoms with Crippen LogP contribution in [-0.4, -0.2) is 29.4 Å². The topological polar surface area (TPSA) is 66.4 Å². The van der Waals surface area contributed by atoms with Crippen LogP contribution in [0.1, 0.15) is 158 Å². The van der Waals surface area contributed by atoms with Crippen molar-refractivity contribution in [2.24, 2.45) is 56.7 Å². The molecule has 0 radical (unpaired) electrons. The summed E-state index contributed by atoms with van der Waals surface area (Å²) < 4.78 is 0. The number of carbonyl (C=O) groups is 2. The maximum Gasteiger partial charge on any atom is 0.226 e. The number of ketones is 1. The number of rotatable bonds is 11. The minimum Gasteiger partial charge on any atom is -0.393 e. The number of hydrogen-bond donors (Lipinski definition) is 2. The highest BCUT2D eigenvalue weighted by molar-refractivity contribution is 5.84. The zero-order valence-electron chi connectivity index (χ0n) is 29.7. The first kappa shape index (κ1) is 34.2. The van der Waals surface area contributed by atoms with Crippen molar-refractivity contribution >= 4 is 11.7 Å². The van der Waals surface area contributed by atoms with E-state index >= 15 is 0 Å². The predicted molar refractivity (Wildman–Crippen MR) is 181 cm³/mol. The van der Waals surface area contributed by atoms with Crippen LogP contribution in [0.25, 0.3) is 0 Å². The van der Waals surface area contributed by atoms with Crippen molar-refractivity contribution in [1.82, 2.24) is 5.32 Å². The molecule has 5 fully saturated rings. The van der Waals surface area contributed by atoms with Crippen LogP contribution in [0.3, 0.4) is 0 Å². The summed E-state index contributed by atoms with van der Waals surface area (Å²) in [4.78, 5) is 25.5. The fraction of sp³-hybridized carbons (Fsp3) is 0.900. The Morgan fingerprint density at radius 3 is 2.11 bits per heavy atom. The zero-order chi connectivity index (χ0) is 32.1. The van der Waals surface area contributed by atoms with Gasteiger partial charge in [0.05, 0.1) is 11.5 Å². The number of amides is 1. The van der Waals surface area contributed by atoms with Crippen LogP contribution in [0, 0.1) is 56.7 Å². The van der Waals surface area contributed by atoms with Gasteiger partial charge in [-0.25, -0.2) is 0 Å². The van der Waals surface area contributed by atoms with Crippen molar-refractivity contribution in [2.45, 2.75) is 164 Å². The molecule has 5 aliphatic rings. The van der Waals surface area contributed by atoms with E-state index in [1.165, 1.54) is 50.5 Å². The molecule has 0 saturated heterocycles. The molecule has 0 spiro atoms. The summed E-state index contributed by atoms with van der Waals surface area (Å²) in [6, 6.07) is 0. The second-order valence-corrected chi connectivity index (χ2v) is 18.0. The molecule has 0 aromatic rings. The number of Topliss-reactive ketones (excluding diaryl/α,β-unsaturated/α-hetero) is 1. The van der Waals surface area contributed by atoms with Gasteiger partial charge in [0.2, 0.25) is 5.91 Å². The molecule has 1 amide bonds. The lowest BCUT2D eigenvalue weighted by Gasteiger charge is -2.72. The van der Waals surface area contributed by atoms with Crippen LogP contribution in [0.4, 0.5) is 0 Å². The van der Waals surface area contributed by atoms with Gasteiger partial charge in [-0.3, -0.25) is 4.79 Å². The Morgan fingerprint density at radius 1 is 0.750 bits per heavy atom. The number of unbranched alkanes of at least 4 members (excludes halogenated alkanes) is 5. The van der Waals surface area contributed by atoms with Crippen molar-refractivity contribution in [1.29, 1.82) is 0 Å². The van der Waals surface area contributed by atoms with Crippen molar-refractivity contribution in [3.63, 3.8) is 0 Å². The molecule has 10 atom stereocenters. The van der Waals surface area contributed by atoms with Gasteiger partial charge in [0.15, 0.2) is 0 Å². The largest absolute Gasteiger partial charge is 0.393 e. The quantitative estimate of drug-likeness (QED) is 0.181. The summed E-state index contributed by atoms with van der Waals surface area (Å²) in [6.45, 7) is 21.8. The number of fused-ring (bicyclic) bond motifs is 7. The van der Waals surface area contributed by atoms with Crippen molar-refractivity contribution in [3.8, 4) is 0 Å². The molecular formula is C40H67NO3. The second kappa shape index (κ2) is 12.5. The van der Waals surface area contributed by atoms with E-state index in [4.69, 9.17) is 0 Å². The highest BCUT2D eigenvalue weighted by Gasteiger charge is 2.71. The van der Waals surface area contributed by atoms with E-state index < -0.39 is 0 Å². The molecule has 0 aliphatic heterocycles. The molecule has 0 unspecified atom stereocenters. The smallest absolute Gasteiger partial charge is 0.226 e. The SMILES string of the molecule is C=C(C)[C@@H]1CC[C@]2(C(=O)NCCCCCCCCC(C)=O)CC[C@]3(C)[C@H](CC[C@@H]4[C@@]5(C)CC[C@H](O)C(C)(C)[C@@H]5CC[C@]43C)[C@@H]12. The van der Waals surface area contributed by atoms with E-state index in [9.17, 15) is 14.7 Å².